The van der Waals surface area contributed by atoms with Crippen LogP contribution in [0.5, 0.6) is 0 Å². The predicted octanol–water partition coefficient (Wildman–Crippen LogP) is 3.22. The van der Waals surface area contributed by atoms with Gasteiger partial charge in [0.15, 0.2) is 0 Å². The predicted molar refractivity (Wildman–Crippen MR) is 59.0 cm³/mol. The Morgan fingerprint density at radius 2 is 1.93 bits per heavy atom. The number of aliphatic hydroxyl groups is 1. The van der Waals surface area contributed by atoms with Crippen molar-refractivity contribution in [2.45, 2.75) is 52.9 Å². The van der Waals surface area contributed by atoms with Crippen LogP contribution in [0.15, 0.2) is 0 Å². The van der Waals surface area contributed by atoms with E-state index in [1.54, 1.807) is 0 Å². The molecule has 0 aliphatic heterocycles. The second kappa shape index (κ2) is 3.23. The molecule has 1 unspecified atom stereocenters. The largest absolute Gasteiger partial charge is 0.396 e. The van der Waals surface area contributed by atoms with E-state index in [2.05, 4.69) is 20.8 Å². The van der Waals surface area contributed by atoms with Crippen LogP contribution in [-0.4, -0.2) is 11.7 Å². The quantitative estimate of drug-likeness (QED) is 0.682. The monoisotopic (exact) mass is 196 g/mol. The summed E-state index contributed by atoms with van der Waals surface area (Å²) in [6, 6.07) is 0. The SMILES string of the molecule is CC1(C)CCC[C@]2(C)CC(CO)C[C@@H]12. The van der Waals surface area contributed by atoms with Crippen LogP contribution in [-0.2, 0) is 0 Å². The third-order valence-corrected chi connectivity index (χ3v) is 4.94. The molecule has 2 fully saturated rings. The number of hydrogen-bond acceptors (Lipinski definition) is 1. The minimum atomic E-state index is 0.405. The molecular weight excluding hydrogens is 172 g/mol. The van der Waals surface area contributed by atoms with Crippen LogP contribution in [0, 0.1) is 22.7 Å². The molecule has 0 aromatic rings. The first kappa shape index (κ1) is 10.5. The van der Waals surface area contributed by atoms with Gasteiger partial charge in [-0.05, 0) is 48.3 Å². The van der Waals surface area contributed by atoms with Crippen molar-refractivity contribution in [3.8, 4) is 0 Å². The Morgan fingerprint density at radius 3 is 2.50 bits per heavy atom. The van der Waals surface area contributed by atoms with E-state index < -0.39 is 0 Å². The van der Waals surface area contributed by atoms with Crippen molar-refractivity contribution in [3.05, 3.63) is 0 Å². The zero-order valence-electron chi connectivity index (χ0n) is 9.84. The average molecular weight is 196 g/mol. The Labute approximate surface area is 87.9 Å². The Bertz CT molecular complexity index is 221. The van der Waals surface area contributed by atoms with Crippen molar-refractivity contribution in [1.29, 1.82) is 0 Å². The maximum absolute atomic E-state index is 9.30. The van der Waals surface area contributed by atoms with Crippen molar-refractivity contribution in [2.24, 2.45) is 22.7 Å². The van der Waals surface area contributed by atoms with E-state index in [0.29, 0.717) is 23.4 Å². The molecular formula is C13H24O. The number of hydrogen-bond donors (Lipinski definition) is 1. The number of aliphatic hydroxyl groups excluding tert-OH is 1. The molecule has 3 atom stereocenters. The lowest BCUT2D eigenvalue weighted by Gasteiger charge is -2.47. The zero-order valence-corrected chi connectivity index (χ0v) is 9.84. The third-order valence-electron chi connectivity index (χ3n) is 4.94. The van der Waals surface area contributed by atoms with Crippen LogP contribution in [0.3, 0.4) is 0 Å². The highest BCUT2D eigenvalue weighted by Crippen LogP contribution is 2.60. The number of rotatable bonds is 1. The summed E-state index contributed by atoms with van der Waals surface area (Å²) in [6.07, 6.45) is 6.68. The van der Waals surface area contributed by atoms with Gasteiger partial charge >= 0.3 is 0 Å². The average Bonchev–Trinajstić information content (AvgIpc) is 2.43. The molecule has 2 aliphatic carbocycles. The van der Waals surface area contributed by atoms with E-state index in [1.807, 2.05) is 0 Å². The number of fused-ring (bicyclic) bond motifs is 1. The molecule has 0 heterocycles. The summed E-state index contributed by atoms with van der Waals surface area (Å²) in [7, 11) is 0. The van der Waals surface area contributed by atoms with E-state index in [1.165, 1.54) is 32.1 Å². The molecule has 0 amide bonds. The smallest absolute Gasteiger partial charge is 0.0459 e. The fourth-order valence-corrected chi connectivity index (χ4v) is 4.30. The van der Waals surface area contributed by atoms with Crippen LogP contribution < -0.4 is 0 Å². The minimum absolute atomic E-state index is 0.405. The van der Waals surface area contributed by atoms with Gasteiger partial charge in [-0.25, -0.2) is 0 Å². The van der Waals surface area contributed by atoms with Crippen molar-refractivity contribution < 1.29 is 5.11 Å². The second-order valence-electron chi connectivity index (χ2n) is 6.54. The minimum Gasteiger partial charge on any atom is -0.396 e. The molecule has 2 aliphatic rings. The zero-order chi connectivity index (χ0) is 10.4. The van der Waals surface area contributed by atoms with Crippen molar-refractivity contribution >= 4 is 0 Å². The highest BCUT2D eigenvalue weighted by molar-refractivity contribution is 5.01. The third kappa shape index (κ3) is 1.50. The Hall–Kier alpha value is -0.0400. The van der Waals surface area contributed by atoms with E-state index in [4.69, 9.17) is 0 Å². The highest BCUT2D eigenvalue weighted by Gasteiger charge is 2.51. The summed E-state index contributed by atoms with van der Waals surface area (Å²) in [5, 5.41) is 9.30. The summed E-state index contributed by atoms with van der Waals surface area (Å²) < 4.78 is 0. The van der Waals surface area contributed by atoms with Gasteiger partial charge < -0.3 is 5.11 Å². The highest BCUT2D eigenvalue weighted by atomic mass is 16.3. The van der Waals surface area contributed by atoms with Crippen LogP contribution in [0.25, 0.3) is 0 Å². The fourth-order valence-electron chi connectivity index (χ4n) is 4.30. The van der Waals surface area contributed by atoms with Gasteiger partial charge in [0.1, 0.15) is 0 Å². The van der Waals surface area contributed by atoms with E-state index >= 15 is 0 Å². The molecule has 1 nitrogen and oxygen atoms in total. The van der Waals surface area contributed by atoms with Crippen LogP contribution in [0.4, 0.5) is 0 Å². The molecule has 0 aromatic carbocycles. The first-order valence-corrected chi connectivity index (χ1v) is 6.09. The molecule has 0 radical (unpaired) electrons. The van der Waals surface area contributed by atoms with Gasteiger partial charge in [0.2, 0.25) is 0 Å². The van der Waals surface area contributed by atoms with Crippen molar-refractivity contribution in [3.63, 3.8) is 0 Å². The molecule has 2 saturated carbocycles. The molecule has 0 saturated heterocycles. The molecule has 1 N–H and O–H groups in total. The topological polar surface area (TPSA) is 20.2 Å². The lowest BCUT2D eigenvalue weighted by molar-refractivity contribution is 0.0286. The fraction of sp³-hybridized carbons (Fsp3) is 1.00. The first-order chi connectivity index (χ1) is 6.48. The lowest BCUT2D eigenvalue weighted by Crippen LogP contribution is -2.38. The van der Waals surface area contributed by atoms with E-state index in [-0.39, 0.29) is 0 Å². The van der Waals surface area contributed by atoms with Gasteiger partial charge in [-0.15, -0.1) is 0 Å². The van der Waals surface area contributed by atoms with Gasteiger partial charge in [-0.3, -0.25) is 0 Å². The van der Waals surface area contributed by atoms with Crippen molar-refractivity contribution in [2.75, 3.05) is 6.61 Å². The standard InChI is InChI=1S/C13H24O/c1-12(2)5-4-6-13(3)8-10(9-14)7-11(12)13/h10-11,14H,4-9H2,1-3H3/t10?,11-,13+/m0/s1. The molecule has 1 heteroatoms. The van der Waals surface area contributed by atoms with Crippen molar-refractivity contribution in [1.82, 2.24) is 0 Å². The normalized spacial score (nSPS) is 46.3. The Balaban J connectivity index is 2.20. The van der Waals surface area contributed by atoms with Gasteiger partial charge in [0, 0.05) is 6.61 Å². The molecule has 14 heavy (non-hydrogen) atoms. The molecule has 0 spiro atoms. The summed E-state index contributed by atoms with van der Waals surface area (Å²) in [5.41, 5.74) is 1.05. The Kier molecular flexibility index (Phi) is 2.42. The maximum Gasteiger partial charge on any atom is 0.0459 e. The first-order valence-electron chi connectivity index (χ1n) is 6.09. The molecule has 0 aromatic heterocycles. The maximum atomic E-state index is 9.30. The summed E-state index contributed by atoms with van der Waals surface area (Å²) in [5.74, 6) is 1.43. The van der Waals surface area contributed by atoms with Crippen LogP contribution in [0.2, 0.25) is 0 Å². The summed E-state index contributed by atoms with van der Waals surface area (Å²) >= 11 is 0. The van der Waals surface area contributed by atoms with Gasteiger partial charge in [0.05, 0.1) is 0 Å². The Morgan fingerprint density at radius 1 is 1.21 bits per heavy atom. The van der Waals surface area contributed by atoms with Gasteiger partial charge in [0.25, 0.3) is 0 Å². The van der Waals surface area contributed by atoms with Gasteiger partial charge in [-0.2, -0.15) is 0 Å². The van der Waals surface area contributed by atoms with E-state index in [0.717, 1.165) is 5.92 Å². The van der Waals surface area contributed by atoms with Gasteiger partial charge in [-0.1, -0.05) is 27.2 Å². The second-order valence-corrected chi connectivity index (χ2v) is 6.54. The van der Waals surface area contributed by atoms with Crippen LogP contribution >= 0.6 is 0 Å². The van der Waals surface area contributed by atoms with Crippen LogP contribution in [0.1, 0.15) is 52.9 Å². The van der Waals surface area contributed by atoms with E-state index in [9.17, 15) is 5.11 Å². The summed E-state index contributed by atoms with van der Waals surface area (Å²) in [4.78, 5) is 0. The molecule has 82 valence electrons. The summed E-state index contributed by atoms with van der Waals surface area (Å²) in [6.45, 7) is 7.71. The lowest BCUT2D eigenvalue weighted by atomic mass is 9.58. The molecule has 0 bridgehead atoms. The molecule has 2 rings (SSSR count).